The number of aliphatic hydroxyl groups is 2. The first-order valence-electron chi connectivity index (χ1n) is 4.76. The van der Waals surface area contributed by atoms with Crippen molar-refractivity contribution >= 4 is 5.91 Å². The second-order valence-corrected chi connectivity index (χ2v) is 2.39. The van der Waals surface area contributed by atoms with Crippen molar-refractivity contribution in [3.8, 4) is 0 Å². The number of amides is 1. The molecule has 0 saturated heterocycles. The molecule has 0 fully saturated rings. The van der Waals surface area contributed by atoms with E-state index in [0.717, 1.165) is 6.42 Å². The molecular weight excluding hydrogens is 170 g/mol. The predicted molar refractivity (Wildman–Crippen MR) is 52.4 cm³/mol. The largest absolute Gasteiger partial charge is 0.394 e. The highest BCUT2D eigenvalue weighted by Crippen LogP contribution is 1.85. The summed E-state index contributed by atoms with van der Waals surface area (Å²) in [5.41, 5.74) is 0. The molecule has 1 amide bonds. The van der Waals surface area contributed by atoms with Crippen molar-refractivity contribution in [2.45, 2.75) is 39.7 Å². The van der Waals surface area contributed by atoms with E-state index in [1.807, 2.05) is 20.8 Å². The molecule has 0 radical (unpaired) electrons. The van der Waals surface area contributed by atoms with Crippen LogP contribution in [-0.4, -0.2) is 35.4 Å². The van der Waals surface area contributed by atoms with Crippen LogP contribution in [-0.2, 0) is 4.79 Å². The number of nitrogens with one attached hydrogen (secondary N) is 1. The Labute approximate surface area is 80.0 Å². The highest BCUT2D eigenvalue weighted by Gasteiger charge is 2.03. The van der Waals surface area contributed by atoms with E-state index in [2.05, 4.69) is 5.32 Å². The van der Waals surface area contributed by atoms with Gasteiger partial charge in [0.2, 0.25) is 5.91 Å². The molecule has 0 saturated carbocycles. The lowest BCUT2D eigenvalue weighted by Gasteiger charge is -2.07. The molecule has 0 aliphatic carbocycles. The number of hydrogen-bond acceptors (Lipinski definition) is 3. The zero-order valence-corrected chi connectivity index (χ0v) is 8.71. The minimum atomic E-state index is -0.837. The first-order chi connectivity index (χ1) is 6.20. The third kappa shape index (κ3) is 11.4. The summed E-state index contributed by atoms with van der Waals surface area (Å²) in [6, 6.07) is 0. The zero-order valence-electron chi connectivity index (χ0n) is 8.71. The van der Waals surface area contributed by atoms with Crippen LogP contribution in [0.15, 0.2) is 0 Å². The standard InChI is InChI=1S/C7H15NO3.C2H6/c1-2-3-7(11)8-4-6(10)5-9;1-2/h6,9-10H,2-5H2,1H3,(H,8,11);1-2H3. The van der Waals surface area contributed by atoms with Gasteiger partial charge in [0, 0.05) is 13.0 Å². The second-order valence-electron chi connectivity index (χ2n) is 2.39. The number of aliphatic hydroxyl groups excluding tert-OH is 2. The van der Waals surface area contributed by atoms with Gasteiger partial charge in [-0.3, -0.25) is 4.79 Å². The first kappa shape index (κ1) is 14.9. The maximum Gasteiger partial charge on any atom is 0.220 e. The van der Waals surface area contributed by atoms with Crippen LogP contribution in [0.4, 0.5) is 0 Å². The Hall–Kier alpha value is -0.610. The van der Waals surface area contributed by atoms with Gasteiger partial charge in [-0.25, -0.2) is 0 Å². The summed E-state index contributed by atoms with van der Waals surface area (Å²) in [7, 11) is 0. The van der Waals surface area contributed by atoms with E-state index in [1.54, 1.807) is 0 Å². The molecule has 13 heavy (non-hydrogen) atoms. The molecule has 0 aromatic rings. The summed E-state index contributed by atoms with van der Waals surface area (Å²) in [4.78, 5) is 10.8. The Balaban J connectivity index is 0. The molecule has 0 aliphatic rings. The minimum Gasteiger partial charge on any atom is -0.394 e. The van der Waals surface area contributed by atoms with Crippen LogP contribution in [0.2, 0.25) is 0 Å². The van der Waals surface area contributed by atoms with E-state index in [-0.39, 0.29) is 19.1 Å². The van der Waals surface area contributed by atoms with Crippen LogP contribution >= 0.6 is 0 Å². The summed E-state index contributed by atoms with van der Waals surface area (Å²) < 4.78 is 0. The summed E-state index contributed by atoms with van der Waals surface area (Å²) in [5.74, 6) is -0.0833. The third-order valence-electron chi connectivity index (χ3n) is 1.22. The van der Waals surface area contributed by atoms with Crippen molar-refractivity contribution in [3.05, 3.63) is 0 Å². The Bertz CT molecular complexity index is 117. The van der Waals surface area contributed by atoms with Crippen LogP contribution in [0.3, 0.4) is 0 Å². The molecule has 1 atom stereocenters. The maximum absolute atomic E-state index is 10.8. The van der Waals surface area contributed by atoms with Crippen molar-refractivity contribution in [1.82, 2.24) is 5.32 Å². The molecule has 0 aliphatic heterocycles. The fourth-order valence-corrected chi connectivity index (χ4v) is 0.612. The molecular formula is C9H21NO3. The Morgan fingerprint density at radius 1 is 1.46 bits per heavy atom. The smallest absolute Gasteiger partial charge is 0.220 e. The topological polar surface area (TPSA) is 69.6 Å². The van der Waals surface area contributed by atoms with Gasteiger partial charge in [-0.2, -0.15) is 0 Å². The van der Waals surface area contributed by atoms with Gasteiger partial charge in [-0.15, -0.1) is 0 Å². The van der Waals surface area contributed by atoms with Gasteiger partial charge in [-0.05, 0) is 6.42 Å². The normalized spacial score (nSPS) is 11.2. The Kier molecular flexibility index (Phi) is 13.0. The van der Waals surface area contributed by atoms with E-state index in [1.165, 1.54) is 0 Å². The molecule has 0 bridgehead atoms. The molecule has 0 rings (SSSR count). The molecule has 0 aromatic carbocycles. The molecule has 0 aromatic heterocycles. The first-order valence-corrected chi connectivity index (χ1v) is 4.76. The van der Waals surface area contributed by atoms with E-state index in [9.17, 15) is 4.79 Å². The molecule has 4 heteroatoms. The van der Waals surface area contributed by atoms with Crippen molar-refractivity contribution in [1.29, 1.82) is 0 Å². The van der Waals surface area contributed by atoms with Crippen molar-refractivity contribution in [2.24, 2.45) is 0 Å². The number of carbonyl (C=O) groups excluding carboxylic acids is 1. The van der Waals surface area contributed by atoms with Gasteiger partial charge in [0.1, 0.15) is 0 Å². The summed E-state index contributed by atoms with van der Waals surface area (Å²) in [6.45, 7) is 5.73. The average molecular weight is 191 g/mol. The highest BCUT2D eigenvalue weighted by molar-refractivity contribution is 5.75. The van der Waals surface area contributed by atoms with Gasteiger partial charge >= 0.3 is 0 Å². The van der Waals surface area contributed by atoms with Crippen LogP contribution in [0.1, 0.15) is 33.6 Å². The molecule has 0 spiro atoms. The molecule has 3 N–H and O–H groups in total. The summed E-state index contributed by atoms with van der Waals surface area (Å²) in [5, 5.41) is 19.7. The van der Waals surface area contributed by atoms with Gasteiger partial charge in [0.05, 0.1) is 12.7 Å². The Morgan fingerprint density at radius 3 is 2.38 bits per heavy atom. The van der Waals surface area contributed by atoms with Gasteiger partial charge in [0.15, 0.2) is 0 Å². The monoisotopic (exact) mass is 191 g/mol. The zero-order chi connectivity index (χ0) is 10.7. The molecule has 80 valence electrons. The Morgan fingerprint density at radius 2 is 2.00 bits per heavy atom. The van der Waals surface area contributed by atoms with Gasteiger partial charge in [-0.1, -0.05) is 20.8 Å². The lowest BCUT2D eigenvalue weighted by Crippen LogP contribution is -2.33. The predicted octanol–water partition coefficient (Wildman–Crippen LogP) is 0.282. The molecule has 0 heterocycles. The van der Waals surface area contributed by atoms with E-state index >= 15 is 0 Å². The third-order valence-corrected chi connectivity index (χ3v) is 1.22. The lowest BCUT2D eigenvalue weighted by molar-refractivity contribution is -0.121. The summed E-state index contributed by atoms with van der Waals surface area (Å²) >= 11 is 0. The molecule has 1 unspecified atom stereocenters. The number of carbonyl (C=O) groups is 1. The SMILES string of the molecule is CC.CCCC(=O)NCC(O)CO. The van der Waals surface area contributed by atoms with Crippen LogP contribution in [0.5, 0.6) is 0 Å². The van der Waals surface area contributed by atoms with Crippen LogP contribution in [0, 0.1) is 0 Å². The van der Waals surface area contributed by atoms with Crippen molar-refractivity contribution in [2.75, 3.05) is 13.2 Å². The van der Waals surface area contributed by atoms with Crippen molar-refractivity contribution in [3.63, 3.8) is 0 Å². The average Bonchev–Trinajstić information content (AvgIpc) is 2.18. The van der Waals surface area contributed by atoms with E-state index in [4.69, 9.17) is 10.2 Å². The highest BCUT2D eigenvalue weighted by atomic mass is 16.3. The minimum absolute atomic E-state index is 0.0833. The van der Waals surface area contributed by atoms with Crippen molar-refractivity contribution < 1.29 is 15.0 Å². The van der Waals surface area contributed by atoms with Crippen LogP contribution in [0.25, 0.3) is 0 Å². The van der Waals surface area contributed by atoms with E-state index in [0.29, 0.717) is 6.42 Å². The number of rotatable bonds is 5. The van der Waals surface area contributed by atoms with Gasteiger partial charge in [0.25, 0.3) is 0 Å². The number of hydrogen-bond donors (Lipinski definition) is 3. The maximum atomic E-state index is 10.8. The van der Waals surface area contributed by atoms with E-state index < -0.39 is 6.10 Å². The second kappa shape index (κ2) is 11.4. The quantitative estimate of drug-likeness (QED) is 0.584. The fourth-order valence-electron chi connectivity index (χ4n) is 0.612. The summed E-state index contributed by atoms with van der Waals surface area (Å²) in [6.07, 6.45) is 0.426. The fraction of sp³-hybridized carbons (Fsp3) is 0.889. The molecule has 4 nitrogen and oxygen atoms in total. The van der Waals surface area contributed by atoms with Gasteiger partial charge < -0.3 is 15.5 Å². The van der Waals surface area contributed by atoms with Crippen LogP contribution < -0.4 is 5.32 Å². The lowest BCUT2D eigenvalue weighted by atomic mass is 10.3.